The van der Waals surface area contributed by atoms with E-state index in [-0.39, 0.29) is 26.3 Å². The molecule has 0 radical (unpaired) electrons. The molecule has 0 spiro atoms. The fraction of sp³-hybridized carbons (Fsp3) is 0.412. The molecule has 4 rings (SSSR count). The average molecular weight is 958 g/mol. The van der Waals surface area contributed by atoms with Crippen LogP contribution in [0.1, 0.15) is 40.5 Å². The maximum Gasteiger partial charge on any atom is 0.697 e. The summed E-state index contributed by atoms with van der Waals surface area (Å²) >= 11 is 6.57. The van der Waals surface area contributed by atoms with Gasteiger partial charge in [0.1, 0.15) is 24.3 Å². The van der Waals surface area contributed by atoms with Gasteiger partial charge in [-0.25, -0.2) is 30.0 Å². The predicted octanol–water partition coefficient (Wildman–Crippen LogP) is 3.58. The van der Waals surface area contributed by atoms with Gasteiger partial charge in [-0.2, -0.15) is 10.0 Å². The fourth-order valence-electron chi connectivity index (χ4n) is 5.70. The van der Waals surface area contributed by atoms with E-state index in [0.717, 1.165) is 8.95 Å². The number of benzene rings is 2. The minimum atomic E-state index is -2.69. The average Bonchev–Trinajstić information content (AvgIpc) is 3.54. The van der Waals surface area contributed by atoms with E-state index in [9.17, 15) is 42.9 Å². The lowest BCUT2D eigenvalue weighted by Crippen LogP contribution is -2.55. The molecule has 21 nitrogen and oxygen atoms in total. The Labute approximate surface area is 349 Å². The van der Waals surface area contributed by atoms with E-state index >= 15 is 0 Å². The second-order valence-corrected chi connectivity index (χ2v) is 16.3. The van der Waals surface area contributed by atoms with E-state index in [1.54, 1.807) is 76.2 Å². The van der Waals surface area contributed by atoms with Gasteiger partial charge in [0, 0.05) is 38.0 Å². The quantitative estimate of drug-likeness (QED) is 0.0608. The molecular formula is C34H42Br2N10O11P+. The van der Waals surface area contributed by atoms with Crippen molar-refractivity contribution in [2.75, 3.05) is 36.9 Å². The zero-order valence-electron chi connectivity index (χ0n) is 31.6. The van der Waals surface area contributed by atoms with Crippen molar-refractivity contribution in [3.63, 3.8) is 0 Å². The highest BCUT2D eigenvalue weighted by molar-refractivity contribution is 9.10. The lowest BCUT2D eigenvalue weighted by molar-refractivity contribution is -0.138. The van der Waals surface area contributed by atoms with Gasteiger partial charge in [0.15, 0.2) is 0 Å². The number of imide groups is 2. The van der Waals surface area contributed by atoms with Crippen molar-refractivity contribution < 1.29 is 52.0 Å². The summed E-state index contributed by atoms with van der Waals surface area (Å²) in [5, 5.41) is 16.1. The molecule has 0 aliphatic carbocycles. The third-order valence-electron chi connectivity index (χ3n) is 8.96. The van der Waals surface area contributed by atoms with Crippen molar-refractivity contribution in [3.05, 3.63) is 57.5 Å². The molecule has 24 heteroatoms. The maximum absolute atomic E-state index is 13.4. The smallest absolute Gasteiger partial charge is 0.354 e. The summed E-state index contributed by atoms with van der Waals surface area (Å²) in [7, 11) is -2.69. The Morgan fingerprint density at radius 2 is 1.00 bits per heavy atom. The number of hydrazine groups is 2. The second-order valence-electron chi connectivity index (χ2n) is 13.5. The number of nitrogens with zero attached hydrogens (tertiary/aromatic N) is 2. The SMILES string of the molecule is CC(C)C1(CC(=O)NCCO[P+](=O)OCCNC(=O)CC2(C(C)C)NC(=O)N(NC(=O)Nc3ccc(Br)cc3)C2=O)NC(=O)N(NC(=O)Nc2ccc(Br)cc2)C1=O. The Bertz CT molecular complexity index is 1800. The molecule has 312 valence electrons. The van der Waals surface area contributed by atoms with Gasteiger partial charge in [-0.15, -0.1) is 9.05 Å². The first-order valence-corrected chi connectivity index (χ1v) is 20.3. The van der Waals surface area contributed by atoms with Crippen molar-refractivity contribution >= 4 is 99.2 Å². The number of halogens is 2. The van der Waals surface area contributed by atoms with Gasteiger partial charge < -0.3 is 31.9 Å². The van der Waals surface area contributed by atoms with Gasteiger partial charge in [0.2, 0.25) is 11.8 Å². The number of nitrogens with one attached hydrogen (secondary N) is 8. The number of carbonyl (C=O) groups is 8. The van der Waals surface area contributed by atoms with Crippen molar-refractivity contribution in [2.24, 2.45) is 11.8 Å². The van der Waals surface area contributed by atoms with Crippen LogP contribution in [0.2, 0.25) is 0 Å². The van der Waals surface area contributed by atoms with E-state index in [1.165, 1.54) is 0 Å². The zero-order chi connectivity index (χ0) is 42.8. The summed E-state index contributed by atoms with van der Waals surface area (Å²) in [6.07, 6.45) is -0.956. The molecule has 2 aromatic carbocycles. The van der Waals surface area contributed by atoms with Crippen molar-refractivity contribution in [1.29, 1.82) is 0 Å². The van der Waals surface area contributed by atoms with Crippen LogP contribution in [0.3, 0.4) is 0 Å². The minimum Gasteiger partial charge on any atom is -0.354 e. The molecule has 2 fully saturated rings. The molecule has 58 heavy (non-hydrogen) atoms. The molecule has 2 saturated heterocycles. The summed E-state index contributed by atoms with van der Waals surface area (Å²) in [5.41, 5.74) is 1.85. The number of urea groups is 4. The van der Waals surface area contributed by atoms with Crippen LogP contribution in [-0.4, -0.2) is 95.2 Å². The van der Waals surface area contributed by atoms with E-state index in [0.29, 0.717) is 21.4 Å². The van der Waals surface area contributed by atoms with E-state index in [1.807, 2.05) is 0 Å². The molecule has 0 bridgehead atoms. The van der Waals surface area contributed by atoms with Crippen LogP contribution in [0.25, 0.3) is 0 Å². The van der Waals surface area contributed by atoms with E-state index in [4.69, 9.17) is 9.05 Å². The molecule has 2 aromatic rings. The molecule has 0 saturated carbocycles. The number of hydrogen-bond acceptors (Lipinski definition) is 11. The molecule has 0 aromatic heterocycles. The third-order valence-corrected chi connectivity index (χ3v) is 10.8. The first-order valence-electron chi connectivity index (χ1n) is 17.6. The normalized spacial score (nSPS) is 19.1. The molecule has 2 atom stereocenters. The first-order chi connectivity index (χ1) is 27.4. The van der Waals surface area contributed by atoms with Crippen LogP contribution in [0.4, 0.5) is 30.6 Å². The molecule has 12 amide bonds. The number of anilines is 2. The molecule has 2 aliphatic rings. The Morgan fingerprint density at radius 3 is 1.33 bits per heavy atom. The van der Waals surface area contributed by atoms with Crippen LogP contribution in [0.5, 0.6) is 0 Å². The summed E-state index contributed by atoms with van der Waals surface area (Å²) in [6.45, 7) is 5.66. The van der Waals surface area contributed by atoms with Gasteiger partial charge in [0.25, 0.3) is 11.8 Å². The molecular weight excluding hydrogens is 915 g/mol. The highest BCUT2D eigenvalue weighted by atomic mass is 79.9. The minimum absolute atomic E-state index is 0.150. The van der Waals surface area contributed by atoms with Crippen LogP contribution in [-0.2, 0) is 32.8 Å². The van der Waals surface area contributed by atoms with Gasteiger partial charge in [-0.05, 0) is 60.4 Å². The van der Waals surface area contributed by atoms with Gasteiger partial charge in [-0.3, -0.25) is 19.2 Å². The predicted molar refractivity (Wildman–Crippen MR) is 213 cm³/mol. The second kappa shape index (κ2) is 20.0. The van der Waals surface area contributed by atoms with Crippen molar-refractivity contribution in [1.82, 2.24) is 42.1 Å². The van der Waals surface area contributed by atoms with Crippen LogP contribution >= 0.6 is 40.1 Å². The Morgan fingerprint density at radius 1 is 0.655 bits per heavy atom. The third kappa shape index (κ3) is 11.5. The summed E-state index contributed by atoms with van der Waals surface area (Å²) < 4.78 is 24.0. The molecule has 2 heterocycles. The zero-order valence-corrected chi connectivity index (χ0v) is 35.7. The van der Waals surface area contributed by atoms with Crippen molar-refractivity contribution in [2.45, 2.75) is 51.6 Å². The summed E-state index contributed by atoms with van der Waals surface area (Å²) in [6, 6.07) is 9.57. The Balaban J connectivity index is 1.15. The summed E-state index contributed by atoms with van der Waals surface area (Å²) in [4.78, 5) is 103. The number of rotatable bonds is 18. The molecule has 2 aliphatic heterocycles. The largest absolute Gasteiger partial charge is 0.697 e. The van der Waals surface area contributed by atoms with Gasteiger partial charge in [0.05, 0.1) is 12.8 Å². The lowest BCUT2D eigenvalue weighted by atomic mass is 9.83. The number of amides is 12. The summed E-state index contributed by atoms with van der Waals surface area (Å²) in [5.74, 6) is -4.13. The van der Waals surface area contributed by atoms with Crippen LogP contribution in [0, 0.1) is 11.8 Å². The lowest BCUT2D eigenvalue weighted by Gasteiger charge is -2.30. The van der Waals surface area contributed by atoms with Gasteiger partial charge >= 0.3 is 32.4 Å². The highest BCUT2D eigenvalue weighted by Gasteiger charge is 2.56. The standard InChI is InChI=1S/C34H41Br2N10O11P/c1-19(2)33(27(49)45(31(53)41-33)43-29(51)39-23-9-5-21(35)6-10-23)17-25(47)37-13-15-56-58(55)57-16-14-38-26(48)18-34(20(3)4)28(50)46(32(54)42-34)44-30(52)40-24-11-7-22(36)8-12-24/h5-12,19-20H,13-18H2,1-4H3,(H7-,37,38,39,40,41,42,43,44,47,48,51,52,53,54)/p+1. The number of hydrogen-bond donors (Lipinski definition) is 8. The fourth-order valence-corrected chi connectivity index (χ4v) is 6.78. The van der Waals surface area contributed by atoms with E-state index < -0.39 is 91.8 Å². The number of carbonyl (C=O) groups excluding carboxylic acids is 8. The maximum atomic E-state index is 13.4. The Hall–Kier alpha value is -5.22. The van der Waals surface area contributed by atoms with Crippen LogP contribution in [0.15, 0.2) is 57.5 Å². The monoisotopic (exact) mass is 955 g/mol. The highest BCUT2D eigenvalue weighted by Crippen LogP contribution is 2.30. The molecule has 2 unspecified atom stereocenters. The molecule has 8 N–H and O–H groups in total. The van der Waals surface area contributed by atoms with Gasteiger partial charge in [-0.1, -0.05) is 59.6 Å². The van der Waals surface area contributed by atoms with Crippen LogP contribution < -0.4 is 42.8 Å². The van der Waals surface area contributed by atoms with E-state index in [2.05, 4.69) is 74.6 Å². The first kappa shape index (κ1) is 45.5. The van der Waals surface area contributed by atoms with Crippen molar-refractivity contribution in [3.8, 4) is 0 Å². The topological polar surface area (TPSA) is 275 Å². The Kier molecular flexibility index (Phi) is 15.7.